The third-order valence-electron chi connectivity index (χ3n) is 2.92. The molecule has 1 amide bonds. The Labute approximate surface area is 121 Å². The quantitative estimate of drug-likeness (QED) is 0.945. The van der Waals surface area contributed by atoms with Gasteiger partial charge in [0.25, 0.3) is 0 Å². The third-order valence-corrected chi connectivity index (χ3v) is 3.66. The van der Waals surface area contributed by atoms with Crippen LogP contribution < -0.4 is 0 Å². The number of benzene rings is 1. The van der Waals surface area contributed by atoms with E-state index in [1.807, 2.05) is 6.07 Å². The van der Waals surface area contributed by atoms with Crippen molar-refractivity contribution in [2.75, 3.05) is 7.05 Å². The standard InChI is InChI=1S/C13H13Cl2N3O/c1-8(19)18(2)12(13-16-5-6-17-13)9-3-4-10(14)11(15)7-9/h3-7,12H,1-2H3,(H,16,17). The van der Waals surface area contributed by atoms with E-state index in [2.05, 4.69) is 9.97 Å². The molecular formula is C13H13Cl2N3O. The molecule has 1 atom stereocenters. The lowest BCUT2D eigenvalue weighted by atomic mass is 10.0. The summed E-state index contributed by atoms with van der Waals surface area (Å²) in [5.41, 5.74) is 0.849. The van der Waals surface area contributed by atoms with E-state index in [1.54, 1.807) is 36.5 Å². The topological polar surface area (TPSA) is 49.0 Å². The van der Waals surface area contributed by atoms with Gasteiger partial charge in [-0.25, -0.2) is 4.98 Å². The van der Waals surface area contributed by atoms with Crippen LogP contribution in [0.4, 0.5) is 0 Å². The maximum Gasteiger partial charge on any atom is 0.220 e. The molecule has 19 heavy (non-hydrogen) atoms. The van der Waals surface area contributed by atoms with E-state index in [0.29, 0.717) is 15.9 Å². The first kappa shape index (κ1) is 13.9. The minimum Gasteiger partial charge on any atom is -0.347 e. The fourth-order valence-electron chi connectivity index (χ4n) is 1.86. The van der Waals surface area contributed by atoms with E-state index < -0.39 is 0 Å². The molecule has 0 spiro atoms. The molecule has 0 aliphatic heterocycles. The van der Waals surface area contributed by atoms with Crippen LogP contribution in [0.15, 0.2) is 30.6 Å². The van der Waals surface area contributed by atoms with Crippen LogP contribution in [0, 0.1) is 0 Å². The van der Waals surface area contributed by atoms with Gasteiger partial charge in [-0.2, -0.15) is 0 Å². The minimum absolute atomic E-state index is 0.0625. The lowest BCUT2D eigenvalue weighted by molar-refractivity contribution is -0.129. The summed E-state index contributed by atoms with van der Waals surface area (Å²) in [5.74, 6) is 0.614. The van der Waals surface area contributed by atoms with Gasteiger partial charge < -0.3 is 9.88 Å². The summed E-state index contributed by atoms with van der Waals surface area (Å²) in [6, 6.07) is 4.97. The molecule has 0 aliphatic carbocycles. The van der Waals surface area contributed by atoms with E-state index in [-0.39, 0.29) is 11.9 Å². The number of H-pyrrole nitrogens is 1. The van der Waals surface area contributed by atoms with E-state index in [9.17, 15) is 4.79 Å². The van der Waals surface area contributed by atoms with Crippen LogP contribution in [-0.4, -0.2) is 27.8 Å². The van der Waals surface area contributed by atoms with Crippen LogP contribution in [0.2, 0.25) is 10.0 Å². The number of aromatic nitrogens is 2. The Morgan fingerprint density at radius 1 is 1.37 bits per heavy atom. The fraction of sp³-hybridized carbons (Fsp3) is 0.231. The Hall–Kier alpha value is -1.52. The third kappa shape index (κ3) is 2.91. The normalized spacial score (nSPS) is 12.2. The highest BCUT2D eigenvalue weighted by atomic mass is 35.5. The molecule has 0 saturated heterocycles. The number of hydrogen-bond acceptors (Lipinski definition) is 2. The summed E-state index contributed by atoms with van der Waals surface area (Å²) in [6.07, 6.45) is 3.36. The van der Waals surface area contributed by atoms with Crippen LogP contribution >= 0.6 is 23.2 Å². The number of carbonyl (C=O) groups is 1. The van der Waals surface area contributed by atoms with Crippen LogP contribution in [0.1, 0.15) is 24.4 Å². The molecule has 1 N–H and O–H groups in total. The summed E-state index contributed by atoms with van der Waals surface area (Å²) in [5, 5.41) is 0.932. The highest BCUT2D eigenvalue weighted by Crippen LogP contribution is 2.30. The van der Waals surface area contributed by atoms with Crippen molar-refractivity contribution in [3.05, 3.63) is 52.0 Å². The van der Waals surface area contributed by atoms with E-state index in [1.165, 1.54) is 6.92 Å². The predicted octanol–water partition coefficient (Wildman–Crippen LogP) is 3.28. The van der Waals surface area contributed by atoms with Crippen LogP contribution in [0.3, 0.4) is 0 Å². The molecule has 1 unspecified atom stereocenters. The van der Waals surface area contributed by atoms with Crippen molar-refractivity contribution in [2.45, 2.75) is 13.0 Å². The Kier molecular flexibility index (Phi) is 4.12. The monoisotopic (exact) mass is 297 g/mol. The molecule has 1 aromatic heterocycles. The molecule has 2 aromatic rings. The van der Waals surface area contributed by atoms with Gasteiger partial charge in [0.1, 0.15) is 11.9 Å². The van der Waals surface area contributed by atoms with Crippen molar-refractivity contribution in [1.29, 1.82) is 0 Å². The lowest BCUT2D eigenvalue weighted by Gasteiger charge is -2.26. The molecule has 0 fully saturated rings. The molecule has 1 heterocycles. The maximum absolute atomic E-state index is 11.6. The van der Waals surface area contributed by atoms with Gasteiger partial charge in [-0.15, -0.1) is 0 Å². The second-order valence-corrected chi connectivity index (χ2v) is 4.99. The Morgan fingerprint density at radius 3 is 2.63 bits per heavy atom. The average Bonchev–Trinajstić information content (AvgIpc) is 2.87. The zero-order chi connectivity index (χ0) is 14.0. The van der Waals surface area contributed by atoms with Crippen LogP contribution in [0.5, 0.6) is 0 Å². The number of nitrogens with zero attached hydrogens (tertiary/aromatic N) is 2. The number of aromatic amines is 1. The van der Waals surface area contributed by atoms with Crippen molar-refractivity contribution in [1.82, 2.24) is 14.9 Å². The summed E-state index contributed by atoms with van der Waals surface area (Å²) >= 11 is 12.0. The number of amides is 1. The van der Waals surface area contributed by atoms with Crippen LogP contribution in [0.25, 0.3) is 0 Å². The second-order valence-electron chi connectivity index (χ2n) is 4.18. The molecule has 4 nitrogen and oxygen atoms in total. The SMILES string of the molecule is CC(=O)N(C)C(c1ccc(Cl)c(Cl)c1)c1ncc[nH]1. The van der Waals surface area contributed by atoms with Gasteiger partial charge in [0.15, 0.2) is 0 Å². The van der Waals surface area contributed by atoms with Gasteiger partial charge in [0, 0.05) is 26.4 Å². The van der Waals surface area contributed by atoms with Crippen molar-refractivity contribution < 1.29 is 4.79 Å². The first-order valence-electron chi connectivity index (χ1n) is 5.68. The molecule has 1 aromatic carbocycles. The molecule has 0 saturated carbocycles. The number of halogens is 2. The van der Waals surface area contributed by atoms with Crippen molar-refractivity contribution in [3.8, 4) is 0 Å². The van der Waals surface area contributed by atoms with Gasteiger partial charge in [-0.3, -0.25) is 4.79 Å². The van der Waals surface area contributed by atoms with Gasteiger partial charge in [-0.05, 0) is 17.7 Å². The van der Waals surface area contributed by atoms with Gasteiger partial charge in [-0.1, -0.05) is 29.3 Å². The zero-order valence-corrected chi connectivity index (χ0v) is 12.0. The van der Waals surface area contributed by atoms with Gasteiger partial charge in [0.2, 0.25) is 5.91 Å². The number of rotatable bonds is 3. The molecule has 0 bridgehead atoms. The number of carbonyl (C=O) groups excluding carboxylic acids is 1. The molecule has 100 valence electrons. The average molecular weight is 298 g/mol. The summed E-state index contributed by atoms with van der Waals surface area (Å²) in [7, 11) is 1.72. The Morgan fingerprint density at radius 2 is 2.11 bits per heavy atom. The van der Waals surface area contributed by atoms with E-state index >= 15 is 0 Å². The first-order valence-corrected chi connectivity index (χ1v) is 6.44. The zero-order valence-electron chi connectivity index (χ0n) is 10.5. The van der Waals surface area contributed by atoms with Crippen molar-refractivity contribution in [3.63, 3.8) is 0 Å². The first-order chi connectivity index (χ1) is 9.00. The van der Waals surface area contributed by atoms with Crippen LogP contribution in [-0.2, 0) is 4.79 Å². The fourth-order valence-corrected chi connectivity index (χ4v) is 2.16. The highest BCUT2D eigenvalue weighted by Gasteiger charge is 2.24. The lowest BCUT2D eigenvalue weighted by Crippen LogP contribution is -2.30. The summed E-state index contributed by atoms with van der Waals surface area (Å²) in [4.78, 5) is 20.5. The molecule has 2 rings (SSSR count). The molecule has 6 heteroatoms. The second kappa shape index (κ2) is 5.63. The predicted molar refractivity (Wildman–Crippen MR) is 75.3 cm³/mol. The minimum atomic E-state index is -0.317. The summed E-state index contributed by atoms with van der Waals surface area (Å²) < 4.78 is 0. The number of imidazole rings is 1. The number of hydrogen-bond donors (Lipinski definition) is 1. The number of nitrogens with one attached hydrogen (secondary N) is 1. The molecule has 0 aliphatic rings. The van der Waals surface area contributed by atoms with Crippen molar-refractivity contribution >= 4 is 29.1 Å². The van der Waals surface area contributed by atoms with Crippen molar-refractivity contribution in [2.24, 2.45) is 0 Å². The van der Waals surface area contributed by atoms with E-state index in [0.717, 1.165) is 5.56 Å². The Balaban J connectivity index is 2.48. The molecular weight excluding hydrogens is 285 g/mol. The van der Waals surface area contributed by atoms with Gasteiger partial charge >= 0.3 is 0 Å². The summed E-state index contributed by atoms with van der Waals surface area (Å²) in [6.45, 7) is 1.51. The maximum atomic E-state index is 11.6. The largest absolute Gasteiger partial charge is 0.347 e. The smallest absolute Gasteiger partial charge is 0.220 e. The highest BCUT2D eigenvalue weighted by molar-refractivity contribution is 6.42. The van der Waals surface area contributed by atoms with E-state index in [4.69, 9.17) is 23.2 Å². The van der Waals surface area contributed by atoms with Gasteiger partial charge in [0.05, 0.1) is 10.0 Å². The molecule has 0 radical (unpaired) electrons. The Bertz CT molecular complexity index is 584.